The van der Waals surface area contributed by atoms with Gasteiger partial charge in [-0.15, -0.1) is 0 Å². The third-order valence-electron chi connectivity index (χ3n) is 4.47. The van der Waals surface area contributed by atoms with Gasteiger partial charge < -0.3 is 10.4 Å². The van der Waals surface area contributed by atoms with Gasteiger partial charge in [-0.25, -0.2) is 8.78 Å². The van der Waals surface area contributed by atoms with Crippen LogP contribution in [0.25, 0.3) is 10.9 Å². The van der Waals surface area contributed by atoms with Gasteiger partial charge in [0.1, 0.15) is 5.75 Å². The number of nitrogens with one attached hydrogen (secondary N) is 1. The van der Waals surface area contributed by atoms with Crippen LogP contribution in [0.4, 0.5) is 8.78 Å². The zero-order valence-electron chi connectivity index (χ0n) is 15.7. The van der Waals surface area contributed by atoms with Crippen LogP contribution in [0.2, 0.25) is 0 Å². The van der Waals surface area contributed by atoms with Crippen LogP contribution in [-0.4, -0.2) is 27.5 Å². The molecule has 3 rings (SSSR count). The Bertz CT molecular complexity index is 1090. The predicted octanol–water partition coefficient (Wildman–Crippen LogP) is 3.69. The van der Waals surface area contributed by atoms with E-state index in [0.29, 0.717) is 22.2 Å². The van der Waals surface area contributed by atoms with Gasteiger partial charge in [-0.05, 0) is 62.7 Å². The summed E-state index contributed by atoms with van der Waals surface area (Å²) in [6, 6.07) is 7.36. The Labute approximate surface area is 160 Å². The zero-order chi connectivity index (χ0) is 20.6. The number of aromatic nitrogens is 1. The number of rotatable bonds is 4. The van der Waals surface area contributed by atoms with Gasteiger partial charge in [0, 0.05) is 22.7 Å². The van der Waals surface area contributed by atoms with Crippen LogP contribution in [0, 0.1) is 18.6 Å². The van der Waals surface area contributed by atoms with E-state index in [2.05, 4.69) is 5.32 Å². The van der Waals surface area contributed by atoms with Crippen molar-refractivity contribution in [3.05, 3.63) is 64.9 Å². The Morgan fingerprint density at radius 3 is 2.46 bits per heavy atom. The monoisotopic (exact) mass is 386 g/mol. The number of phenols is 1. The first-order chi connectivity index (χ1) is 13.2. The van der Waals surface area contributed by atoms with E-state index in [1.54, 1.807) is 13.0 Å². The largest absolute Gasteiger partial charge is 0.508 e. The van der Waals surface area contributed by atoms with Gasteiger partial charge in [-0.1, -0.05) is 0 Å². The lowest BCUT2D eigenvalue weighted by atomic mass is 10.1. The van der Waals surface area contributed by atoms with Crippen molar-refractivity contribution in [2.45, 2.75) is 33.2 Å². The summed E-state index contributed by atoms with van der Waals surface area (Å²) in [5.74, 6) is -2.94. The molecule has 0 radical (unpaired) electrons. The summed E-state index contributed by atoms with van der Waals surface area (Å²) in [5, 5.41) is 13.2. The normalized spacial score (nSPS) is 11.2. The molecule has 0 saturated heterocycles. The number of fused-ring (bicyclic) bond motifs is 1. The van der Waals surface area contributed by atoms with Crippen molar-refractivity contribution >= 4 is 22.7 Å². The van der Waals surface area contributed by atoms with Crippen molar-refractivity contribution in [1.82, 2.24) is 9.88 Å². The van der Waals surface area contributed by atoms with Gasteiger partial charge in [-0.3, -0.25) is 14.2 Å². The lowest BCUT2D eigenvalue weighted by Gasteiger charge is -2.10. The third kappa shape index (κ3) is 3.60. The second kappa shape index (κ2) is 7.42. The lowest BCUT2D eigenvalue weighted by molar-refractivity contribution is -0.120. The summed E-state index contributed by atoms with van der Waals surface area (Å²) in [6.07, 6.45) is 0.0159. The first-order valence-corrected chi connectivity index (χ1v) is 8.81. The molecule has 146 valence electrons. The average molecular weight is 386 g/mol. The fraction of sp³-hybridized carbons (Fsp3) is 0.238. The van der Waals surface area contributed by atoms with Gasteiger partial charge in [0.25, 0.3) is 5.91 Å². The van der Waals surface area contributed by atoms with Crippen LogP contribution >= 0.6 is 0 Å². The SMILES string of the molecule is Cc1c(CC(=O)NC(C)C)c2cc(O)ccc2n1C(=O)c1ccc(F)c(F)c1. The number of nitrogens with zero attached hydrogens (tertiary/aromatic N) is 1. The minimum Gasteiger partial charge on any atom is -0.508 e. The number of halogens is 2. The molecular formula is C21H20F2N2O3. The van der Waals surface area contributed by atoms with Gasteiger partial charge in [0.05, 0.1) is 11.9 Å². The van der Waals surface area contributed by atoms with Crippen LogP contribution in [0.1, 0.15) is 35.5 Å². The molecule has 0 atom stereocenters. The maximum atomic E-state index is 13.6. The van der Waals surface area contributed by atoms with Crippen LogP contribution < -0.4 is 5.32 Å². The van der Waals surface area contributed by atoms with Crippen molar-refractivity contribution in [1.29, 1.82) is 0 Å². The number of hydrogen-bond donors (Lipinski definition) is 2. The second-order valence-corrected chi connectivity index (χ2v) is 6.93. The second-order valence-electron chi connectivity index (χ2n) is 6.93. The molecule has 0 aliphatic carbocycles. The number of aromatic hydroxyl groups is 1. The highest BCUT2D eigenvalue weighted by Crippen LogP contribution is 2.30. The maximum absolute atomic E-state index is 13.6. The molecular weight excluding hydrogens is 366 g/mol. The molecule has 1 amide bonds. The van der Waals surface area contributed by atoms with E-state index in [9.17, 15) is 23.5 Å². The number of carbonyl (C=O) groups is 2. The summed E-state index contributed by atoms with van der Waals surface area (Å²) >= 11 is 0. The molecule has 28 heavy (non-hydrogen) atoms. The Balaban J connectivity index is 2.14. The van der Waals surface area contributed by atoms with E-state index in [-0.39, 0.29) is 29.7 Å². The van der Waals surface area contributed by atoms with Crippen LogP contribution in [-0.2, 0) is 11.2 Å². The van der Waals surface area contributed by atoms with E-state index >= 15 is 0 Å². The van der Waals surface area contributed by atoms with E-state index in [0.717, 1.165) is 12.1 Å². The molecule has 2 N–H and O–H groups in total. The Morgan fingerprint density at radius 1 is 1.11 bits per heavy atom. The molecule has 2 aromatic carbocycles. The Kier molecular flexibility index (Phi) is 5.18. The van der Waals surface area contributed by atoms with E-state index in [1.807, 2.05) is 13.8 Å². The van der Waals surface area contributed by atoms with Crippen molar-refractivity contribution in [2.24, 2.45) is 0 Å². The molecule has 0 aliphatic heterocycles. The minimum atomic E-state index is -1.12. The molecule has 1 aromatic heterocycles. The molecule has 3 aromatic rings. The Hall–Kier alpha value is -3.22. The number of benzene rings is 2. The number of amides is 1. The van der Waals surface area contributed by atoms with Crippen LogP contribution in [0.15, 0.2) is 36.4 Å². The summed E-state index contributed by atoms with van der Waals surface area (Å²) in [7, 11) is 0. The fourth-order valence-electron chi connectivity index (χ4n) is 3.25. The predicted molar refractivity (Wildman–Crippen MR) is 101 cm³/mol. The summed E-state index contributed by atoms with van der Waals surface area (Å²) in [6.45, 7) is 5.35. The quantitative estimate of drug-likeness (QED) is 0.718. The lowest BCUT2D eigenvalue weighted by Crippen LogP contribution is -2.31. The third-order valence-corrected chi connectivity index (χ3v) is 4.47. The van der Waals surface area contributed by atoms with E-state index < -0.39 is 17.5 Å². The molecule has 0 fully saturated rings. The smallest absolute Gasteiger partial charge is 0.262 e. The first-order valence-electron chi connectivity index (χ1n) is 8.81. The molecule has 0 spiro atoms. The molecule has 0 saturated carbocycles. The number of hydrogen-bond acceptors (Lipinski definition) is 3. The van der Waals surface area contributed by atoms with Crippen molar-refractivity contribution in [3.8, 4) is 5.75 Å². The summed E-state index contributed by atoms with van der Waals surface area (Å²) in [4.78, 5) is 25.3. The summed E-state index contributed by atoms with van der Waals surface area (Å²) in [5.41, 5.74) is 1.52. The zero-order valence-corrected chi connectivity index (χ0v) is 15.7. The molecule has 5 nitrogen and oxygen atoms in total. The highest BCUT2D eigenvalue weighted by molar-refractivity contribution is 6.05. The van der Waals surface area contributed by atoms with E-state index in [1.165, 1.54) is 22.8 Å². The van der Waals surface area contributed by atoms with Crippen molar-refractivity contribution in [2.75, 3.05) is 0 Å². The van der Waals surface area contributed by atoms with Gasteiger partial charge in [-0.2, -0.15) is 0 Å². The van der Waals surface area contributed by atoms with Crippen molar-refractivity contribution < 1.29 is 23.5 Å². The molecule has 1 heterocycles. The minimum absolute atomic E-state index is 0.00422. The molecule has 0 aliphatic rings. The number of phenolic OH excluding ortho intramolecular Hbond substituents is 1. The highest BCUT2D eigenvalue weighted by Gasteiger charge is 2.22. The average Bonchev–Trinajstić information content (AvgIpc) is 2.87. The van der Waals surface area contributed by atoms with Crippen LogP contribution in [0.5, 0.6) is 5.75 Å². The number of carbonyl (C=O) groups excluding carboxylic acids is 2. The molecule has 0 bridgehead atoms. The van der Waals surface area contributed by atoms with Crippen LogP contribution in [0.3, 0.4) is 0 Å². The van der Waals surface area contributed by atoms with Gasteiger partial charge in [0.15, 0.2) is 11.6 Å². The fourth-order valence-corrected chi connectivity index (χ4v) is 3.25. The maximum Gasteiger partial charge on any atom is 0.262 e. The highest BCUT2D eigenvalue weighted by atomic mass is 19.2. The van der Waals surface area contributed by atoms with Crippen molar-refractivity contribution in [3.63, 3.8) is 0 Å². The Morgan fingerprint density at radius 2 is 1.82 bits per heavy atom. The topological polar surface area (TPSA) is 71.3 Å². The summed E-state index contributed by atoms with van der Waals surface area (Å²) < 4.78 is 28.2. The molecule has 7 heteroatoms. The standard InChI is InChI=1S/C21H20F2N2O3/c1-11(2)24-20(27)10-15-12(3)25(19-7-5-14(26)9-16(15)19)21(28)13-4-6-17(22)18(23)8-13/h4-9,11,26H,10H2,1-3H3,(H,24,27). The van der Waals surface area contributed by atoms with Gasteiger partial charge >= 0.3 is 0 Å². The van der Waals surface area contributed by atoms with E-state index in [4.69, 9.17) is 0 Å². The first kappa shape index (κ1) is 19.5. The molecule has 0 unspecified atom stereocenters. The van der Waals surface area contributed by atoms with Gasteiger partial charge in [0.2, 0.25) is 5.91 Å².